The molecule has 1 aliphatic rings. The molecule has 0 fully saturated rings. The Hall–Kier alpha value is -2.13. The summed E-state index contributed by atoms with van der Waals surface area (Å²) in [7, 11) is 0. The van der Waals surface area contributed by atoms with Crippen LogP contribution < -0.4 is 5.32 Å². The van der Waals surface area contributed by atoms with E-state index in [1.165, 1.54) is 5.56 Å². The van der Waals surface area contributed by atoms with Gasteiger partial charge in [0, 0.05) is 12.6 Å². The number of carbonyl (C=O) groups is 1. The Balaban J connectivity index is 1.65. The molecule has 1 atom stereocenters. The van der Waals surface area contributed by atoms with Gasteiger partial charge < -0.3 is 10.4 Å². The van der Waals surface area contributed by atoms with Crippen LogP contribution in [0.15, 0.2) is 48.5 Å². The molecule has 1 heterocycles. The van der Waals surface area contributed by atoms with E-state index in [4.69, 9.17) is 0 Å². The Bertz CT molecular complexity index is 637. The minimum absolute atomic E-state index is 0.281. The molecule has 2 N–H and O–H groups in total. The predicted molar refractivity (Wildman–Crippen MR) is 82.4 cm³/mol. The fraction of sp³-hybridized carbons (Fsp3) is 0.278. The van der Waals surface area contributed by atoms with Gasteiger partial charge in [-0.2, -0.15) is 0 Å². The molecule has 0 aliphatic carbocycles. The number of carboxylic acids is 1. The largest absolute Gasteiger partial charge is 0.478 e. The lowest BCUT2D eigenvalue weighted by Crippen LogP contribution is -2.12. The van der Waals surface area contributed by atoms with Crippen molar-refractivity contribution < 1.29 is 9.90 Å². The first kappa shape index (κ1) is 13.8. The zero-order valence-electron chi connectivity index (χ0n) is 11.9. The third-order valence-corrected chi connectivity index (χ3v) is 4.14. The first-order valence-corrected chi connectivity index (χ1v) is 7.38. The van der Waals surface area contributed by atoms with E-state index in [2.05, 4.69) is 35.6 Å². The molecular formula is C18H19NO2. The summed E-state index contributed by atoms with van der Waals surface area (Å²) in [6.07, 6.45) is 3.19. The second-order valence-corrected chi connectivity index (χ2v) is 5.49. The topological polar surface area (TPSA) is 49.3 Å². The van der Waals surface area contributed by atoms with Gasteiger partial charge in [0.25, 0.3) is 0 Å². The molecule has 2 aromatic rings. The van der Waals surface area contributed by atoms with Gasteiger partial charge in [-0.25, -0.2) is 4.79 Å². The molecule has 21 heavy (non-hydrogen) atoms. The Morgan fingerprint density at radius 1 is 1.14 bits per heavy atom. The highest BCUT2D eigenvalue weighted by atomic mass is 16.4. The predicted octanol–water partition coefficient (Wildman–Crippen LogP) is 3.55. The Labute approximate surface area is 124 Å². The highest BCUT2D eigenvalue weighted by molar-refractivity contribution is 5.90. The van der Waals surface area contributed by atoms with Crippen molar-refractivity contribution in [3.05, 3.63) is 70.8 Å². The van der Waals surface area contributed by atoms with Gasteiger partial charge in [-0.15, -0.1) is 0 Å². The molecule has 2 aromatic carbocycles. The fourth-order valence-electron chi connectivity index (χ4n) is 3.08. The molecule has 108 valence electrons. The first-order chi connectivity index (χ1) is 10.3. The number of carboxylic acid groups (broad SMARTS) is 1. The number of hydrogen-bond acceptors (Lipinski definition) is 2. The van der Waals surface area contributed by atoms with Crippen molar-refractivity contribution >= 4 is 5.97 Å². The highest BCUT2D eigenvalue weighted by Crippen LogP contribution is 2.31. The minimum atomic E-state index is -0.835. The molecular weight excluding hydrogens is 262 g/mol. The van der Waals surface area contributed by atoms with Gasteiger partial charge in [0.1, 0.15) is 0 Å². The van der Waals surface area contributed by atoms with Crippen molar-refractivity contribution in [1.82, 2.24) is 5.32 Å². The summed E-state index contributed by atoms with van der Waals surface area (Å²) >= 11 is 0. The maximum absolute atomic E-state index is 11.2. The van der Waals surface area contributed by atoms with Crippen LogP contribution >= 0.6 is 0 Å². The molecule has 3 rings (SSSR count). The standard InChI is InChI=1S/C18H19NO2/c20-18(21)15-10-5-9-14-16(15)12-19-17(14)11-4-8-13-6-2-1-3-7-13/h1-3,5-7,9-10,17,19H,4,8,11-12H2,(H,20,21). The second-order valence-electron chi connectivity index (χ2n) is 5.49. The molecule has 3 heteroatoms. The maximum atomic E-state index is 11.2. The fourth-order valence-corrected chi connectivity index (χ4v) is 3.08. The van der Waals surface area contributed by atoms with E-state index in [1.54, 1.807) is 6.07 Å². The number of nitrogens with one attached hydrogen (secondary N) is 1. The van der Waals surface area contributed by atoms with Crippen LogP contribution in [0.3, 0.4) is 0 Å². The third kappa shape index (κ3) is 2.98. The lowest BCUT2D eigenvalue weighted by molar-refractivity contribution is 0.0695. The van der Waals surface area contributed by atoms with Crippen LogP contribution in [0.5, 0.6) is 0 Å². The van der Waals surface area contributed by atoms with Crippen LogP contribution in [0.4, 0.5) is 0 Å². The zero-order chi connectivity index (χ0) is 14.7. The normalized spacial score (nSPS) is 16.7. The molecule has 0 saturated carbocycles. The summed E-state index contributed by atoms with van der Waals surface area (Å²) in [5.41, 5.74) is 3.90. The number of aryl methyl sites for hydroxylation is 1. The molecule has 1 aliphatic heterocycles. The van der Waals surface area contributed by atoms with Crippen molar-refractivity contribution in [2.45, 2.75) is 31.8 Å². The van der Waals surface area contributed by atoms with Crippen molar-refractivity contribution in [2.75, 3.05) is 0 Å². The summed E-state index contributed by atoms with van der Waals surface area (Å²) in [5.74, 6) is -0.835. The summed E-state index contributed by atoms with van der Waals surface area (Å²) in [5, 5.41) is 12.7. The van der Waals surface area contributed by atoms with Gasteiger partial charge in [-0.05, 0) is 42.0 Å². The summed E-state index contributed by atoms with van der Waals surface area (Å²) in [4.78, 5) is 11.2. The quantitative estimate of drug-likeness (QED) is 0.881. The molecule has 0 amide bonds. The molecule has 0 bridgehead atoms. The van der Waals surface area contributed by atoms with Crippen LogP contribution in [-0.4, -0.2) is 11.1 Å². The van der Waals surface area contributed by atoms with E-state index in [-0.39, 0.29) is 6.04 Å². The summed E-state index contributed by atoms with van der Waals surface area (Å²) < 4.78 is 0. The van der Waals surface area contributed by atoms with E-state index in [9.17, 15) is 9.90 Å². The lowest BCUT2D eigenvalue weighted by Gasteiger charge is -2.12. The van der Waals surface area contributed by atoms with Crippen molar-refractivity contribution in [3.8, 4) is 0 Å². The highest BCUT2D eigenvalue weighted by Gasteiger charge is 2.25. The van der Waals surface area contributed by atoms with Gasteiger partial charge in [0.15, 0.2) is 0 Å². The smallest absolute Gasteiger partial charge is 0.336 e. The second kappa shape index (κ2) is 6.10. The Kier molecular flexibility index (Phi) is 4.02. The minimum Gasteiger partial charge on any atom is -0.478 e. The molecule has 0 spiro atoms. The van der Waals surface area contributed by atoms with Crippen LogP contribution in [0.1, 0.15) is 45.9 Å². The van der Waals surface area contributed by atoms with Gasteiger partial charge in [0.05, 0.1) is 5.56 Å². The number of aromatic carboxylic acids is 1. The molecule has 0 aromatic heterocycles. The van der Waals surface area contributed by atoms with Crippen LogP contribution in [0.25, 0.3) is 0 Å². The summed E-state index contributed by atoms with van der Waals surface area (Å²) in [6.45, 7) is 0.661. The van der Waals surface area contributed by atoms with E-state index in [0.717, 1.165) is 30.4 Å². The average Bonchev–Trinajstić information content (AvgIpc) is 2.91. The van der Waals surface area contributed by atoms with Gasteiger partial charge >= 0.3 is 5.97 Å². The van der Waals surface area contributed by atoms with E-state index >= 15 is 0 Å². The van der Waals surface area contributed by atoms with Crippen molar-refractivity contribution in [1.29, 1.82) is 0 Å². The lowest BCUT2D eigenvalue weighted by atomic mass is 9.96. The van der Waals surface area contributed by atoms with Gasteiger partial charge in [-0.3, -0.25) is 0 Å². The monoisotopic (exact) mass is 281 g/mol. The van der Waals surface area contributed by atoms with Crippen LogP contribution in [0.2, 0.25) is 0 Å². The first-order valence-electron chi connectivity index (χ1n) is 7.38. The van der Waals surface area contributed by atoms with Gasteiger partial charge in [-0.1, -0.05) is 42.5 Å². The summed E-state index contributed by atoms with van der Waals surface area (Å²) in [6, 6.07) is 16.3. The van der Waals surface area contributed by atoms with Crippen molar-refractivity contribution in [3.63, 3.8) is 0 Å². The SMILES string of the molecule is O=C(O)c1cccc2c1CNC2CCCc1ccccc1. The molecule has 0 radical (unpaired) electrons. The Morgan fingerprint density at radius 3 is 2.71 bits per heavy atom. The number of fused-ring (bicyclic) bond motifs is 1. The molecule has 0 saturated heterocycles. The number of hydrogen-bond donors (Lipinski definition) is 2. The third-order valence-electron chi connectivity index (χ3n) is 4.14. The van der Waals surface area contributed by atoms with Crippen LogP contribution in [-0.2, 0) is 13.0 Å². The number of benzene rings is 2. The molecule has 3 nitrogen and oxygen atoms in total. The molecule has 1 unspecified atom stereocenters. The van der Waals surface area contributed by atoms with E-state index < -0.39 is 5.97 Å². The number of rotatable bonds is 5. The van der Waals surface area contributed by atoms with E-state index in [1.807, 2.05) is 12.1 Å². The van der Waals surface area contributed by atoms with Gasteiger partial charge in [0.2, 0.25) is 0 Å². The van der Waals surface area contributed by atoms with Crippen LogP contribution in [0, 0.1) is 0 Å². The average molecular weight is 281 g/mol. The zero-order valence-corrected chi connectivity index (χ0v) is 11.9. The van der Waals surface area contributed by atoms with Crippen molar-refractivity contribution in [2.24, 2.45) is 0 Å². The maximum Gasteiger partial charge on any atom is 0.336 e. The van der Waals surface area contributed by atoms with E-state index in [0.29, 0.717) is 12.1 Å². The Morgan fingerprint density at radius 2 is 1.95 bits per heavy atom.